The number of aromatic nitrogens is 1. The highest BCUT2D eigenvalue weighted by molar-refractivity contribution is 5.96. The molecule has 2 aliphatic heterocycles. The highest BCUT2D eigenvalue weighted by atomic mass is 16.2. The first-order chi connectivity index (χ1) is 13.9. The van der Waals surface area contributed by atoms with Gasteiger partial charge in [-0.1, -0.05) is 18.2 Å². The van der Waals surface area contributed by atoms with Gasteiger partial charge in [0.15, 0.2) is 0 Å². The molecule has 4 rings (SSSR count). The van der Waals surface area contributed by atoms with E-state index in [0.29, 0.717) is 25.9 Å². The summed E-state index contributed by atoms with van der Waals surface area (Å²) < 4.78 is 0. The number of piperidine rings is 1. The molecule has 1 aromatic carbocycles. The van der Waals surface area contributed by atoms with E-state index >= 15 is 0 Å². The smallest absolute Gasteiger partial charge is 0.317 e. The van der Waals surface area contributed by atoms with Crippen molar-refractivity contribution in [2.24, 2.45) is 0 Å². The minimum atomic E-state index is -0.863. The first-order valence-corrected chi connectivity index (χ1v) is 10.1. The molecule has 3 N–H and O–H groups in total. The number of hydrogen-bond donors (Lipinski definition) is 3. The molecule has 154 valence electrons. The number of likely N-dealkylation sites (tertiary alicyclic amines) is 1. The van der Waals surface area contributed by atoms with E-state index in [1.54, 1.807) is 9.80 Å². The van der Waals surface area contributed by atoms with Crippen molar-refractivity contribution in [3.05, 3.63) is 36.0 Å². The third-order valence-corrected chi connectivity index (χ3v) is 5.94. The van der Waals surface area contributed by atoms with Gasteiger partial charge in [0.1, 0.15) is 5.54 Å². The van der Waals surface area contributed by atoms with Crippen LogP contribution in [0.5, 0.6) is 0 Å². The van der Waals surface area contributed by atoms with Crippen molar-refractivity contribution >= 4 is 28.7 Å². The number of H-pyrrole nitrogens is 1. The zero-order chi connectivity index (χ0) is 20.6. The summed E-state index contributed by atoms with van der Waals surface area (Å²) in [5.41, 5.74) is 1.05. The van der Waals surface area contributed by atoms with Gasteiger partial charge >= 0.3 is 6.03 Å². The van der Waals surface area contributed by atoms with Crippen LogP contribution in [0, 0.1) is 0 Å². The average molecular weight is 397 g/mol. The Bertz CT molecular complexity index is 943. The van der Waals surface area contributed by atoms with E-state index in [1.165, 1.54) is 0 Å². The Labute approximate surface area is 169 Å². The van der Waals surface area contributed by atoms with Gasteiger partial charge in [0.2, 0.25) is 11.8 Å². The second kappa shape index (κ2) is 7.42. The molecule has 8 nitrogen and oxygen atoms in total. The monoisotopic (exact) mass is 397 g/mol. The number of carbonyl (C=O) groups excluding carboxylic acids is 3. The third kappa shape index (κ3) is 3.43. The van der Waals surface area contributed by atoms with Crippen LogP contribution >= 0.6 is 0 Å². The summed E-state index contributed by atoms with van der Waals surface area (Å²) >= 11 is 0. The molecule has 0 atom stereocenters. The summed E-state index contributed by atoms with van der Waals surface area (Å²) in [5, 5.41) is 6.75. The second-order valence-electron chi connectivity index (χ2n) is 8.14. The number of hydrogen-bond acceptors (Lipinski definition) is 3. The maximum Gasteiger partial charge on any atom is 0.317 e. The summed E-state index contributed by atoms with van der Waals surface area (Å²) in [6.07, 6.45) is 2.99. The van der Waals surface area contributed by atoms with Crippen molar-refractivity contribution in [3.63, 3.8) is 0 Å². The van der Waals surface area contributed by atoms with Gasteiger partial charge in [-0.3, -0.25) is 9.59 Å². The van der Waals surface area contributed by atoms with Gasteiger partial charge in [0.05, 0.1) is 13.1 Å². The lowest BCUT2D eigenvalue weighted by Crippen LogP contribution is -2.59. The number of para-hydroxylation sites is 1. The molecule has 2 aliphatic rings. The van der Waals surface area contributed by atoms with Crippen LogP contribution in [0.25, 0.3) is 10.9 Å². The Hall–Kier alpha value is -3.03. The lowest BCUT2D eigenvalue weighted by Gasteiger charge is -2.42. The van der Waals surface area contributed by atoms with Crippen molar-refractivity contribution in [1.82, 2.24) is 25.4 Å². The molecule has 1 spiro atoms. The lowest BCUT2D eigenvalue weighted by atomic mass is 9.85. The Morgan fingerprint density at radius 2 is 1.93 bits per heavy atom. The molecule has 1 aromatic heterocycles. The highest BCUT2D eigenvalue weighted by Crippen LogP contribution is 2.33. The van der Waals surface area contributed by atoms with Gasteiger partial charge in [-0.2, -0.15) is 0 Å². The van der Waals surface area contributed by atoms with Crippen molar-refractivity contribution in [2.75, 3.05) is 19.8 Å². The number of urea groups is 1. The van der Waals surface area contributed by atoms with E-state index in [4.69, 9.17) is 0 Å². The maximum atomic E-state index is 13.2. The zero-order valence-electron chi connectivity index (χ0n) is 16.8. The quantitative estimate of drug-likeness (QED) is 0.733. The minimum absolute atomic E-state index is 0.0578. The predicted molar refractivity (Wildman–Crippen MR) is 109 cm³/mol. The van der Waals surface area contributed by atoms with E-state index in [1.807, 2.05) is 44.3 Å². The molecule has 4 amide bonds. The zero-order valence-corrected chi connectivity index (χ0v) is 16.8. The standard InChI is InChI=1S/C21H27N5O3/c1-14(2)24-20(29)25-9-7-21(8-10-25)19(28)23-13-26(21)18(27)11-15-12-22-17-6-4-3-5-16(15)17/h3-6,12,14,22H,7-11,13H2,1-2H3,(H,23,28)(H,24,29). The predicted octanol–water partition coefficient (Wildman–Crippen LogP) is 1.58. The highest BCUT2D eigenvalue weighted by Gasteiger charge is 2.52. The number of nitrogens with one attached hydrogen (secondary N) is 3. The van der Waals surface area contributed by atoms with Gasteiger partial charge in [0, 0.05) is 36.2 Å². The molecule has 8 heteroatoms. The summed E-state index contributed by atoms with van der Waals surface area (Å²) in [5.74, 6) is -0.193. The molecule has 2 fully saturated rings. The van der Waals surface area contributed by atoms with Crippen LogP contribution in [0.4, 0.5) is 4.79 Å². The van der Waals surface area contributed by atoms with Crippen molar-refractivity contribution in [2.45, 2.75) is 44.7 Å². The summed E-state index contributed by atoms with van der Waals surface area (Å²) in [6, 6.07) is 7.80. The molecular weight excluding hydrogens is 370 g/mol. The van der Waals surface area contributed by atoms with Crippen molar-refractivity contribution in [1.29, 1.82) is 0 Å². The topological polar surface area (TPSA) is 97.5 Å². The van der Waals surface area contributed by atoms with Crippen molar-refractivity contribution in [3.8, 4) is 0 Å². The van der Waals surface area contributed by atoms with Gasteiger partial charge in [0.25, 0.3) is 0 Å². The van der Waals surface area contributed by atoms with E-state index in [-0.39, 0.29) is 37.0 Å². The number of benzene rings is 1. The molecule has 0 unspecified atom stereocenters. The summed E-state index contributed by atoms with van der Waals surface area (Å²) in [4.78, 5) is 44.7. The molecular formula is C21H27N5O3. The summed E-state index contributed by atoms with van der Waals surface area (Å²) in [6.45, 7) is 4.95. The lowest BCUT2D eigenvalue weighted by molar-refractivity contribution is -0.142. The fourth-order valence-corrected chi connectivity index (χ4v) is 4.37. The molecule has 0 aliphatic carbocycles. The number of nitrogens with zero attached hydrogens (tertiary/aromatic N) is 2. The largest absolute Gasteiger partial charge is 0.361 e. The molecule has 0 saturated carbocycles. The van der Waals surface area contributed by atoms with Crippen LogP contribution in [-0.4, -0.2) is 64.0 Å². The Balaban J connectivity index is 1.48. The number of aromatic amines is 1. The van der Waals surface area contributed by atoms with E-state index in [0.717, 1.165) is 16.5 Å². The van der Waals surface area contributed by atoms with E-state index in [2.05, 4.69) is 15.6 Å². The van der Waals surface area contributed by atoms with Gasteiger partial charge < -0.3 is 25.4 Å². The van der Waals surface area contributed by atoms with Crippen LogP contribution in [0.3, 0.4) is 0 Å². The molecule has 0 bridgehead atoms. The molecule has 29 heavy (non-hydrogen) atoms. The fourth-order valence-electron chi connectivity index (χ4n) is 4.37. The second-order valence-corrected chi connectivity index (χ2v) is 8.14. The minimum Gasteiger partial charge on any atom is -0.361 e. The Morgan fingerprint density at radius 1 is 1.21 bits per heavy atom. The number of carbonyl (C=O) groups is 3. The van der Waals surface area contributed by atoms with Crippen LogP contribution in [0.1, 0.15) is 32.3 Å². The fraction of sp³-hybridized carbons (Fsp3) is 0.476. The van der Waals surface area contributed by atoms with Crippen molar-refractivity contribution < 1.29 is 14.4 Å². The molecule has 2 saturated heterocycles. The van der Waals surface area contributed by atoms with Crippen LogP contribution in [0.2, 0.25) is 0 Å². The van der Waals surface area contributed by atoms with Crippen LogP contribution < -0.4 is 10.6 Å². The van der Waals surface area contributed by atoms with E-state index in [9.17, 15) is 14.4 Å². The Kier molecular flexibility index (Phi) is 4.94. The Morgan fingerprint density at radius 3 is 2.66 bits per heavy atom. The number of amides is 4. The first kappa shape index (κ1) is 19.3. The van der Waals surface area contributed by atoms with Crippen LogP contribution in [0.15, 0.2) is 30.5 Å². The first-order valence-electron chi connectivity index (χ1n) is 10.1. The third-order valence-electron chi connectivity index (χ3n) is 5.94. The molecule has 2 aromatic rings. The SMILES string of the molecule is CC(C)NC(=O)N1CCC2(CC1)C(=O)NCN2C(=O)Cc1c[nH]c2ccccc12. The average Bonchev–Trinajstić information content (AvgIpc) is 3.24. The summed E-state index contributed by atoms with van der Waals surface area (Å²) in [7, 11) is 0. The van der Waals surface area contributed by atoms with Gasteiger partial charge in [-0.15, -0.1) is 0 Å². The van der Waals surface area contributed by atoms with Gasteiger partial charge in [-0.25, -0.2) is 4.79 Å². The van der Waals surface area contributed by atoms with E-state index < -0.39 is 5.54 Å². The molecule has 0 radical (unpaired) electrons. The number of fused-ring (bicyclic) bond motifs is 1. The maximum absolute atomic E-state index is 13.2. The number of rotatable bonds is 3. The normalized spacial score (nSPS) is 18.5. The van der Waals surface area contributed by atoms with Gasteiger partial charge in [-0.05, 0) is 38.3 Å². The van der Waals surface area contributed by atoms with Crippen LogP contribution in [-0.2, 0) is 16.0 Å². The molecule has 3 heterocycles.